The van der Waals surface area contributed by atoms with Crippen molar-refractivity contribution < 1.29 is 9.84 Å². The van der Waals surface area contributed by atoms with E-state index in [9.17, 15) is 0 Å². The molecule has 0 aromatic heterocycles. The van der Waals surface area contributed by atoms with Crippen LogP contribution < -0.4 is 0 Å². The molecule has 0 aromatic rings. The molecule has 0 fully saturated rings. The van der Waals surface area contributed by atoms with Gasteiger partial charge in [0.2, 0.25) is 0 Å². The lowest BCUT2D eigenvalue weighted by molar-refractivity contribution is 0.100. The smallest absolute Gasteiger partial charge is 0.156 e. The molecule has 0 aliphatic carbocycles. The van der Waals surface area contributed by atoms with E-state index in [4.69, 9.17) is 9.84 Å². The Morgan fingerprint density at radius 3 is 2.67 bits per heavy atom. The molecule has 3 heteroatoms. The highest BCUT2D eigenvalue weighted by atomic mass is 32.1. The van der Waals surface area contributed by atoms with E-state index < -0.39 is 0 Å². The van der Waals surface area contributed by atoms with Gasteiger partial charge in [0.1, 0.15) is 6.61 Å². The van der Waals surface area contributed by atoms with Crippen LogP contribution in [0.3, 0.4) is 0 Å². The summed E-state index contributed by atoms with van der Waals surface area (Å²) in [5.74, 6) is 0. The number of rotatable bonds is 3. The Hall–Kier alpha value is -0.150. The van der Waals surface area contributed by atoms with Crippen molar-refractivity contribution in [2.45, 2.75) is 26.4 Å². The molecule has 2 nitrogen and oxygen atoms in total. The Balaban J connectivity index is 3.16. The topological polar surface area (TPSA) is 29.5 Å². The minimum absolute atomic E-state index is 0.325. The fourth-order valence-corrected chi connectivity index (χ4v) is 0.399. The van der Waals surface area contributed by atoms with Gasteiger partial charge in [0, 0.05) is 6.92 Å². The second-order valence-corrected chi connectivity index (χ2v) is 2.44. The fraction of sp³-hybridized carbons (Fsp3) is 0.833. The lowest BCUT2D eigenvalue weighted by atomic mass is 10.3. The number of hydrogen-bond donors (Lipinski definition) is 1. The second-order valence-electron chi connectivity index (χ2n) is 1.86. The van der Waals surface area contributed by atoms with Crippen LogP contribution in [-0.4, -0.2) is 22.9 Å². The van der Waals surface area contributed by atoms with E-state index in [0.717, 1.165) is 0 Å². The van der Waals surface area contributed by atoms with Crippen LogP contribution >= 0.6 is 12.2 Å². The number of hydrogen-bond acceptors (Lipinski definition) is 3. The van der Waals surface area contributed by atoms with Crippen LogP contribution in [0.2, 0.25) is 0 Å². The van der Waals surface area contributed by atoms with Crippen molar-refractivity contribution in [2.24, 2.45) is 0 Å². The minimum Gasteiger partial charge on any atom is -0.485 e. The zero-order chi connectivity index (χ0) is 7.28. The normalized spacial score (nSPS) is 12.8. The third-order valence-electron chi connectivity index (χ3n) is 0.950. The lowest BCUT2D eigenvalue weighted by Gasteiger charge is -2.07. The molecule has 0 amide bonds. The summed E-state index contributed by atoms with van der Waals surface area (Å²) in [5, 5.41) is 9.41. The summed E-state index contributed by atoms with van der Waals surface area (Å²) < 4.78 is 4.88. The molecule has 0 heterocycles. The van der Waals surface area contributed by atoms with E-state index in [1.165, 1.54) is 0 Å². The highest BCUT2D eigenvalue weighted by Gasteiger charge is 1.99. The lowest BCUT2D eigenvalue weighted by Crippen LogP contribution is -2.14. The van der Waals surface area contributed by atoms with Crippen molar-refractivity contribution in [2.75, 3.05) is 6.61 Å². The maximum Gasteiger partial charge on any atom is 0.156 e. The molecule has 0 bridgehead atoms. The maximum absolute atomic E-state index is 8.92. The standard InChI is InChI=1S/C6H12O2S/c1-3-6(7)4-8-5(2)9/h6-7H,3-4H2,1-2H3. The molecule has 0 radical (unpaired) electrons. The van der Waals surface area contributed by atoms with Crippen LogP contribution in [0.25, 0.3) is 0 Å². The summed E-state index contributed by atoms with van der Waals surface area (Å²) in [6, 6.07) is 0. The molecular weight excluding hydrogens is 136 g/mol. The molecule has 9 heavy (non-hydrogen) atoms. The maximum atomic E-state index is 8.92. The summed E-state index contributed by atoms with van der Waals surface area (Å²) >= 11 is 4.63. The first-order valence-corrected chi connectivity index (χ1v) is 3.39. The van der Waals surface area contributed by atoms with Gasteiger partial charge in [0.15, 0.2) is 5.05 Å². The molecule has 0 spiro atoms. The van der Waals surface area contributed by atoms with E-state index in [2.05, 4.69) is 12.2 Å². The van der Waals surface area contributed by atoms with Gasteiger partial charge in [-0.1, -0.05) is 6.92 Å². The number of thiocarbonyl (C=S) groups is 1. The van der Waals surface area contributed by atoms with Crippen molar-refractivity contribution >= 4 is 17.3 Å². The van der Waals surface area contributed by atoms with Gasteiger partial charge in [-0.2, -0.15) is 0 Å². The molecule has 0 aromatic carbocycles. The Kier molecular flexibility index (Phi) is 4.62. The van der Waals surface area contributed by atoms with Gasteiger partial charge in [-0.3, -0.25) is 0 Å². The fourth-order valence-electron chi connectivity index (χ4n) is 0.331. The predicted octanol–water partition coefficient (Wildman–Crippen LogP) is 1.12. The Labute approximate surface area is 60.8 Å². The van der Waals surface area contributed by atoms with Crippen molar-refractivity contribution in [3.8, 4) is 0 Å². The minimum atomic E-state index is -0.372. The molecular formula is C6H12O2S. The molecule has 0 rings (SSSR count). The second kappa shape index (κ2) is 4.70. The molecule has 1 atom stereocenters. The van der Waals surface area contributed by atoms with E-state index in [0.29, 0.717) is 18.1 Å². The van der Waals surface area contributed by atoms with Gasteiger partial charge >= 0.3 is 0 Å². The summed E-state index contributed by atoms with van der Waals surface area (Å²) in [6.07, 6.45) is 0.339. The molecule has 0 saturated heterocycles. The molecule has 54 valence electrons. The SMILES string of the molecule is CCC(O)COC(C)=S. The summed E-state index contributed by atoms with van der Waals surface area (Å²) in [5.41, 5.74) is 0. The number of aliphatic hydroxyl groups excluding tert-OH is 1. The van der Waals surface area contributed by atoms with Crippen molar-refractivity contribution in [3.63, 3.8) is 0 Å². The molecule has 0 aliphatic rings. The van der Waals surface area contributed by atoms with Crippen LogP contribution in [0, 0.1) is 0 Å². The predicted molar refractivity (Wildman–Crippen MR) is 40.5 cm³/mol. The van der Waals surface area contributed by atoms with Gasteiger partial charge in [0.25, 0.3) is 0 Å². The zero-order valence-electron chi connectivity index (χ0n) is 5.76. The Bertz CT molecular complexity index is 93.1. The summed E-state index contributed by atoms with van der Waals surface area (Å²) in [6.45, 7) is 3.91. The summed E-state index contributed by atoms with van der Waals surface area (Å²) in [4.78, 5) is 0. The average molecular weight is 148 g/mol. The van der Waals surface area contributed by atoms with Gasteiger partial charge < -0.3 is 9.84 Å². The molecule has 1 unspecified atom stereocenters. The van der Waals surface area contributed by atoms with Crippen molar-refractivity contribution in [3.05, 3.63) is 0 Å². The number of aliphatic hydroxyl groups is 1. The average Bonchev–Trinajstić information content (AvgIpc) is 1.83. The van der Waals surface area contributed by atoms with Gasteiger partial charge in [-0.05, 0) is 18.6 Å². The third-order valence-corrected chi connectivity index (χ3v) is 1.07. The van der Waals surface area contributed by atoms with Crippen molar-refractivity contribution in [1.29, 1.82) is 0 Å². The van der Waals surface area contributed by atoms with Crippen molar-refractivity contribution in [1.82, 2.24) is 0 Å². The van der Waals surface area contributed by atoms with Crippen LogP contribution in [0.4, 0.5) is 0 Å². The highest BCUT2D eigenvalue weighted by molar-refractivity contribution is 7.80. The monoisotopic (exact) mass is 148 g/mol. The first-order chi connectivity index (χ1) is 4.16. The van der Waals surface area contributed by atoms with Gasteiger partial charge in [-0.25, -0.2) is 0 Å². The zero-order valence-corrected chi connectivity index (χ0v) is 6.57. The number of ether oxygens (including phenoxy) is 1. The Morgan fingerprint density at radius 1 is 1.78 bits per heavy atom. The largest absolute Gasteiger partial charge is 0.485 e. The van der Waals surface area contributed by atoms with Crippen LogP contribution in [-0.2, 0) is 4.74 Å². The first kappa shape index (κ1) is 8.85. The molecule has 0 aliphatic heterocycles. The quantitative estimate of drug-likeness (QED) is 0.608. The first-order valence-electron chi connectivity index (χ1n) is 2.98. The third kappa shape index (κ3) is 5.73. The highest BCUT2D eigenvalue weighted by Crippen LogP contribution is 1.91. The van der Waals surface area contributed by atoms with Gasteiger partial charge in [-0.15, -0.1) is 0 Å². The van der Waals surface area contributed by atoms with Crippen LogP contribution in [0.15, 0.2) is 0 Å². The van der Waals surface area contributed by atoms with Crippen LogP contribution in [0.5, 0.6) is 0 Å². The Morgan fingerprint density at radius 2 is 2.33 bits per heavy atom. The summed E-state index contributed by atoms with van der Waals surface area (Å²) in [7, 11) is 0. The van der Waals surface area contributed by atoms with E-state index in [1.807, 2.05) is 6.92 Å². The van der Waals surface area contributed by atoms with Crippen LogP contribution in [0.1, 0.15) is 20.3 Å². The molecule has 1 N–H and O–H groups in total. The van der Waals surface area contributed by atoms with Gasteiger partial charge in [0.05, 0.1) is 6.10 Å². The van der Waals surface area contributed by atoms with E-state index in [1.54, 1.807) is 6.92 Å². The molecule has 0 saturated carbocycles. The van der Waals surface area contributed by atoms with E-state index >= 15 is 0 Å². The van der Waals surface area contributed by atoms with E-state index in [-0.39, 0.29) is 6.10 Å².